The summed E-state index contributed by atoms with van der Waals surface area (Å²) in [6.07, 6.45) is 3.75. The van der Waals surface area contributed by atoms with Crippen LogP contribution in [0.15, 0.2) is 23.6 Å². The Bertz CT molecular complexity index is 941. The summed E-state index contributed by atoms with van der Waals surface area (Å²) in [5, 5.41) is 5.54. The fraction of sp³-hybridized carbons (Fsp3) is 0.522. The molecule has 0 aliphatic carbocycles. The van der Waals surface area contributed by atoms with Crippen LogP contribution in [0, 0.1) is 5.41 Å². The molecule has 0 saturated carbocycles. The Morgan fingerprint density at radius 2 is 1.93 bits per heavy atom. The Morgan fingerprint density at radius 1 is 1.17 bits per heavy atom. The number of nitrogens with one attached hydrogen (secondary N) is 1. The van der Waals surface area contributed by atoms with Gasteiger partial charge in [0, 0.05) is 29.6 Å². The summed E-state index contributed by atoms with van der Waals surface area (Å²) < 4.78 is 0. The zero-order valence-corrected chi connectivity index (χ0v) is 18.8. The third kappa shape index (κ3) is 4.90. The van der Waals surface area contributed by atoms with E-state index in [1.165, 1.54) is 29.7 Å². The Hall–Kier alpha value is -2.25. The molecule has 2 aliphatic rings. The van der Waals surface area contributed by atoms with Crippen LogP contribution in [0.3, 0.4) is 0 Å². The molecule has 3 heterocycles. The molecule has 1 fully saturated rings. The van der Waals surface area contributed by atoms with Crippen molar-refractivity contribution in [2.45, 2.75) is 46.5 Å². The highest BCUT2D eigenvalue weighted by molar-refractivity contribution is 7.14. The number of rotatable bonds is 5. The second kappa shape index (κ2) is 8.47. The van der Waals surface area contributed by atoms with E-state index >= 15 is 0 Å². The molecule has 6 nitrogen and oxygen atoms in total. The number of thiazole rings is 1. The highest BCUT2D eigenvalue weighted by Crippen LogP contribution is 2.35. The van der Waals surface area contributed by atoms with Gasteiger partial charge >= 0.3 is 0 Å². The van der Waals surface area contributed by atoms with Crippen LogP contribution in [0.5, 0.6) is 0 Å². The lowest BCUT2D eigenvalue weighted by atomic mass is 9.91. The topological polar surface area (TPSA) is 65.5 Å². The number of carbonyl (C=O) groups excluding carboxylic acids is 2. The molecular formula is C23H30N4O2S. The molecule has 0 radical (unpaired) electrons. The predicted molar refractivity (Wildman–Crippen MR) is 122 cm³/mol. The third-order valence-corrected chi connectivity index (χ3v) is 6.33. The molecule has 2 aromatic rings. The molecule has 1 aromatic heterocycles. The number of hydrogen-bond donors (Lipinski definition) is 1. The first-order chi connectivity index (χ1) is 14.3. The van der Waals surface area contributed by atoms with Gasteiger partial charge in [0.15, 0.2) is 5.13 Å². The lowest BCUT2D eigenvalue weighted by Crippen LogP contribution is -2.31. The minimum Gasteiger partial charge on any atom is -0.312 e. The quantitative estimate of drug-likeness (QED) is 0.779. The van der Waals surface area contributed by atoms with Crippen LogP contribution >= 0.6 is 11.3 Å². The number of benzene rings is 1. The van der Waals surface area contributed by atoms with Crippen molar-refractivity contribution in [2.24, 2.45) is 5.41 Å². The Balaban J connectivity index is 1.42. The average Bonchev–Trinajstić information content (AvgIpc) is 3.40. The van der Waals surface area contributed by atoms with E-state index in [9.17, 15) is 9.59 Å². The lowest BCUT2D eigenvalue weighted by Gasteiger charge is -2.23. The van der Waals surface area contributed by atoms with Crippen molar-refractivity contribution in [3.8, 4) is 11.3 Å². The number of carbonyl (C=O) groups is 2. The molecule has 0 bridgehead atoms. The van der Waals surface area contributed by atoms with Gasteiger partial charge in [-0.1, -0.05) is 26.8 Å². The fourth-order valence-corrected chi connectivity index (χ4v) is 4.87. The van der Waals surface area contributed by atoms with Crippen molar-refractivity contribution >= 4 is 34.0 Å². The highest BCUT2D eigenvalue weighted by atomic mass is 32.1. The van der Waals surface area contributed by atoms with E-state index in [2.05, 4.69) is 42.0 Å². The summed E-state index contributed by atoms with van der Waals surface area (Å²) in [6, 6.07) is 6.18. The second-order valence-electron chi connectivity index (χ2n) is 9.45. The normalized spacial score (nSPS) is 16.7. The van der Waals surface area contributed by atoms with Crippen molar-refractivity contribution in [1.82, 2.24) is 9.88 Å². The molecule has 7 heteroatoms. The van der Waals surface area contributed by atoms with E-state index in [1.807, 2.05) is 22.4 Å². The summed E-state index contributed by atoms with van der Waals surface area (Å²) in [6.45, 7) is 9.45. The number of fused-ring (bicyclic) bond motifs is 1. The molecule has 0 unspecified atom stereocenters. The molecule has 160 valence electrons. The molecule has 1 N–H and O–H groups in total. The maximum Gasteiger partial charge on any atom is 0.240 e. The van der Waals surface area contributed by atoms with Gasteiger partial charge < -0.3 is 10.2 Å². The highest BCUT2D eigenvalue weighted by Gasteiger charge is 2.28. The molecule has 2 amide bonds. The first-order valence-corrected chi connectivity index (χ1v) is 11.6. The second-order valence-corrected chi connectivity index (χ2v) is 10.3. The third-order valence-electron chi connectivity index (χ3n) is 5.57. The lowest BCUT2D eigenvalue weighted by molar-refractivity contribution is -0.120. The van der Waals surface area contributed by atoms with Crippen molar-refractivity contribution in [1.29, 1.82) is 0 Å². The summed E-state index contributed by atoms with van der Waals surface area (Å²) >= 11 is 1.45. The number of amides is 2. The van der Waals surface area contributed by atoms with Gasteiger partial charge in [-0.15, -0.1) is 11.3 Å². The summed E-state index contributed by atoms with van der Waals surface area (Å²) in [5.74, 6) is 0.186. The van der Waals surface area contributed by atoms with Crippen molar-refractivity contribution in [3.63, 3.8) is 0 Å². The van der Waals surface area contributed by atoms with Crippen LogP contribution in [0.1, 0.15) is 45.6 Å². The Morgan fingerprint density at radius 3 is 2.67 bits per heavy atom. The van der Waals surface area contributed by atoms with E-state index in [4.69, 9.17) is 0 Å². The number of likely N-dealkylation sites (tertiary alicyclic amines) is 1. The monoisotopic (exact) mass is 426 g/mol. The summed E-state index contributed by atoms with van der Waals surface area (Å²) in [7, 11) is 0. The molecule has 2 aliphatic heterocycles. The van der Waals surface area contributed by atoms with E-state index in [1.54, 1.807) is 0 Å². The molecule has 30 heavy (non-hydrogen) atoms. The zero-order chi connectivity index (χ0) is 21.3. The van der Waals surface area contributed by atoms with Crippen LogP contribution < -0.4 is 10.2 Å². The molecule has 0 spiro atoms. The van der Waals surface area contributed by atoms with Gasteiger partial charge in [0.25, 0.3) is 0 Å². The summed E-state index contributed by atoms with van der Waals surface area (Å²) in [5.41, 5.74) is 4.06. The first kappa shape index (κ1) is 21.0. The van der Waals surface area contributed by atoms with E-state index < -0.39 is 0 Å². The molecule has 0 atom stereocenters. The van der Waals surface area contributed by atoms with E-state index in [-0.39, 0.29) is 17.2 Å². The van der Waals surface area contributed by atoms with Gasteiger partial charge in [-0.05, 0) is 55.5 Å². The van der Waals surface area contributed by atoms with E-state index in [0.717, 1.165) is 43.0 Å². The van der Waals surface area contributed by atoms with Crippen LogP contribution in [0.25, 0.3) is 11.3 Å². The van der Waals surface area contributed by atoms with Crippen LogP contribution in [-0.4, -0.2) is 47.9 Å². The van der Waals surface area contributed by atoms with Crippen molar-refractivity contribution in [3.05, 3.63) is 29.1 Å². The maximum absolute atomic E-state index is 12.7. The van der Waals surface area contributed by atoms with Gasteiger partial charge in [-0.3, -0.25) is 14.5 Å². The standard InChI is InChI=1S/C23H30N4O2S/c1-23(2,3)13-21(29)27-11-8-17-12-16(6-7-19(17)27)18-15-30-22(24-18)25-20(28)14-26-9-4-5-10-26/h6-7,12,15H,4-5,8-11,13-14H2,1-3H3,(H,24,25,28). The van der Waals surface area contributed by atoms with Crippen LogP contribution in [0.4, 0.5) is 10.8 Å². The first-order valence-electron chi connectivity index (χ1n) is 10.7. The van der Waals surface area contributed by atoms with Gasteiger partial charge in [-0.2, -0.15) is 0 Å². The molecular weight excluding hydrogens is 396 g/mol. The van der Waals surface area contributed by atoms with Gasteiger partial charge in [0.2, 0.25) is 11.8 Å². The maximum atomic E-state index is 12.7. The molecule has 1 saturated heterocycles. The summed E-state index contributed by atoms with van der Waals surface area (Å²) in [4.78, 5) is 33.6. The van der Waals surface area contributed by atoms with Crippen LogP contribution in [0.2, 0.25) is 0 Å². The Labute approximate surface area is 182 Å². The number of aromatic nitrogens is 1. The SMILES string of the molecule is CC(C)(C)CC(=O)N1CCc2cc(-c3csc(NC(=O)CN4CCCC4)n3)ccc21. The molecule has 1 aromatic carbocycles. The average molecular weight is 427 g/mol. The Kier molecular flexibility index (Phi) is 5.93. The van der Waals surface area contributed by atoms with E-state index in [0.29, 0.717) is 18.1 Å². The number of anilines is 2. The van der Waals surface area contributed by atoms with Gasteiger partial charge in [-0.25, -0.2) is 4.98 Å². The largest absolute Gasteiger partial charge is 0.312 e. The fourth-order valence-electron chi connectivity index (χ4n) is 4.14. The number of nitrogens with zero attached hydrogens (tertiary/aromatic N) is 3. The predicted octanol–water partition coefficient (Wildman–Crippen LogP) is 4.17. The van der Waals surface area contributed by atoms with Gasteiger partial charge in [0.05, 0.1) is 12.2 Å². The van der Waals surface area contributed by atoms with Crippen molar-refractivity contribution < 1.29 is 9.59 Å². The van der Waals surface area contributed by atoms with Crippen LogP contribution in [-0.2, 0) is 16.0 Å². The minimum atomic E-state index is -0.0179. The van der Waals surface area contributed by atoms with Gasteiger partial charge in [0.1, 0.15) is 0 Å². The smallest absolute Gasteiger partial charge is 0.240 e. The minimum absolute atomic E-state index is 0.000226. The van der Waals surface area contributed by atoms with Crippen molar-refractivity contribution in [2.75, 3.05) is 36.4 Å². The molecule has 4 rings (SSSR count). The zero-order valence-electron chi connectivity index (χ0n) is 18.0. The number of hydrogen-bond acceptors (Lipinski definition) is 5.